The summed E-state index contributed by atoms with van der Waals surface area (Å²) in [5.41, 5.74) is 3.16. The second-order valence-electron chi connectivity index (χ2n) is 7.78. The van der Waals surface area contributed by atoms with Gasteiger partial charge in [-0.3, -0.25) is 19.3 Å². The van der Waals surface area contributed by atoms with Crippen molar-refractivity contribution >= 4 is 34.8 Å². The van der Waals surface area contributed by atoms with Crippen molar-refractivity contribution in [3.05, 3.63) is 54.1 Å². The number of amides is 3. The first kappa shape index (κ1) is 24.1. The molecule has 0 heterocycles. The van der Waals surface area contributed by atoms with E-state index >= 15 is 0 Å². The topological polar surface area (TPSA) is 90.5 Å². The Balaban J connectivity index is 1.97. The predicted octanol–water partition coefficient (Wildman–Crippen LogP) is 4.06. The molecular formula is C24H32N4O3. The second kappa shape index (κ2) is 11.3. The van der Waals surface area contributed by atoms with Crippen LogP contribution in [-0.2, 0) is 14.4 Å². The van der Waals surface area contributed by atoms with E-state index in [-0.39, 0.29) is 30.2 Å². The summed E-state index contributed by atoms with van der Waals surface area (Å²) in [5, 5.41) is 8.51. The number of benzene rings is 2. The summed E-state index contributed by atoms with van der Waals surface area (Å²) in [5.74, 6) is -0.227. The molecule has 1 atom stereocenters. The highest BCUT2D eigenvalue weighted by atomic mass is 16.2. The van der Waals surface area contributed by atoms with E-state index in [1.54, 1.807) is 31.2 Å². The maximum absolute atomic E-state index is 12.8. The molecule has 0 saturated heterocycles. The second-order valence-corrected chi connectivity index (χ2v) is 7.78. The molecule has 0 saturated carbocycles. The van der Waals surface area contributed by atoms with Gasteiger partial charge in [0.15, 0.2) is 0 Å². The van der Waals surface area contributed by atoms with Crippen LogP contribution in [0.25, 0.3) is 0 Å². The van der Waals surface area contributed by atoms with Crippen molar-refractivity contribution in [2.75, 3.05) is 29.0 Å². The van der Waals surface area contributed by atoms with E-state index in [2.05, 4.69) is 29.8 Å². The van der Waals surface area contributed by atoms with Crippen molar-refractivity contribution in [2.24, 2.45) is 0 Å². The molecule has 1 unspecified atom stereocenters. The van der Waals surface area contributed by atoms with Gasteiger partial charge in [-0.05, 0) is 55.3 Å². The number of hydrogen-bond donors (Lipinski definition) is 3. The summed E-state index contributed by atoms with van der Waals surface area (Å²) in [6, 6.07) is 14.2. The number of nitrogens with one attached hydrogen (secondary N) is 3. The molecule has 0 bridgehead atoms. The molecule has 166 valence electrons. The Bertz CT molecular complexity index is 909. The van der Waals surface area contributed by atoms with E-state index in [9.17, 15) is 14.4 Å². The standard InChI is InChI=1S/C24H32N4O3/c1-6-28(15-23(30)26-20-13-11-19(12-14-20)25-18(5)29)17(4)24(31)27-22-10-8-7-9-21(22)16(2)3/h7-14,16-17H,6,15H2,1-5H3,(H,25,29)(H,26,30)(H,27,31). The monoisotopic (exact) mass is 424 g/mol. The summed E-state index contributed by atoms with van der Waals surface area (Å²) < 4.78 is 0. The first-order chi connectivity index (χ1) is 14.7. The van der Waals surface area contributed by atoms with Crippen LogP contribution in [0.2, 0.25) is 0 Å². The first-order valence-electron chi connectivity index (χ1n) is 10.5. The van der Waals surface area contributed by atoms with Gasteiger partial charge in [-0.1, -0.05) is 39.0 Å². The predicted molar refractivity (Wildman–Crippen MR) is 125 cm³/mol. The summed E-state index contributed by atoms with van der Waals surface area (Å²) in [6.45, 7) is 9.96. The number of hydrogen-bond acceptors (Lipinski definition) is 4. The van der Waals surface area contributed by atoms with Gasteiger partial charge in [0.2, 0.25) is 17.7 Å². The Kier molecular flexibility index (Phi) is 8.75. The quantitative estimate of drug-likeness (QED) is 0.566. The minimum atomic E-state index is -0.474. The molecular weight excluding hydrogens is 392 g/mol. The molecule has 0 aromatic heterocycles. The largest absolute Gasteiger partial charge is 0.326 e. The Morgan fingerprint density at radius 2 is 1.45 bits per heavy atom. The van der Waals surface area contributed by atoms with Crippen molar-refractivity contribution in [1.29, 1.82) is 0 Å². The van der Waals surface area contributed by atoms with Gasteiger partial charge in [0.25, 0.3) is 0 Å². The van der Waals surface area contributed by atoms with Crippen LogP contribution in [0.4, 0.5) is 17.1 Å². The molecule has 3 amide bonds. The normalized spacial score (nSPS) is 11.8. The van der Waals surface area contributed by atoms with Gasteiger partial charge in [-0.25, -0.2) is 0 Å². The fraction of sp³-hybridized carbons (Fsp3) is 0.375. The molecule has 0 aliphatic heterocycles. The number of para-hydroxylation sites is 1. The van der Waals surface area contributed by atoms with E-state index in [0.717, 1.165) is 11.3 Å². The van der Waals surface area contributed by atoms with Crippen molar-refractivity contribution in [3.8, 4) is 0 Å². The Morgan fingerprint density at radius 1 is 0.871 bits per heavy atom. The molecule has 0 radical (unpaired) electrons. The fourth-order valence-corrected chi connectivity index (χ4v) is 3.27. The maximum Gasteiger partial charge on any atom is 0.241 e. The number of carbonyl (C=O) groups is 3. The van der Waals surface area contributed by atoms with E-state index in [0.29, 0.717) is 17.9 Å². The molecule has 7 heteroatoms. The number of likely N-dealkylation sites (N-methyl/N-ethyl adjacent to an activating group) is 1. The third-order valence-electron chi connectivity index (χ3n) is 5.01. The average Bonchev–Trinajstić information content (AvgIpc) is 2.72. The zero-order valence-electron chi connectivity index (χ0n) is 18.9. The average molecular weight is 425 g/mol. The molecule has 2 rings (SSSR count). The van der Waals surface area contributed by atoms with Crippen molar-refractivity contribution < 1.29 is 14.4 Å². The summed E-state index contributed by atoms with van der Waals surface area (Å²) >= 11 is 0. The van der Waals surface area contributed by atoms with E-state index in [1.807, 2.05) is 36.1 Å². The lowest BCUT2D eigenvalue weighted by atomic mass is 10.0. The Morgan fingerprint density at radius 3 is 2.00 bits per heavy atom. The van der Waals surface area contributed by atoms with Crippen LogP contribution in [0.15, 0.2) is 48.5 Å². The van der Waals surface area contributed by atoms with Gasteiger partial charge in [-0.15, -0.1) is 0 Å². The zero-order chi connectivity index (χ0) is 23.0. The highest BCUT2D eigenvalue weighted by Crippen LogP contribution is 2.24. The summed E-state index contributed by atoms with van der Waals surface area (Å²) in [6.07, 6.45) is 0. The van der Waals surface area contributed by atoms with Gasteiger partial charge < -0.3 is 16.0 Å². The van der Waals surface area contributed by atoms with Crippen molar-refractivity contribution in [3.63, 3.8) is 0 Å². The Hall–Kier alpha value is -3.19. The molecule has 31 heavy (non-hydrogen) atoms. The lowest BCUT2D eigenvalue weighted by molar-refractivity contribution is -0.123. The highest BCUT2D eigenvalue weighted by Gasteiger charge is 2.23. The van der Waals surface area contributed by atoms with Crippen LogP contribution in [0.3, 0.4) is 0 Å². The fourth-order valence-electron chi connectivity index (χ4n) is 3.27. The van der Waals surface area contributed by atoms with Crippen LogP contribution in [0, 0.1) is 0 Å². The lowest BCUT2D eigenvalue weighted by Gasteiger charge is -2.27. The number of carbonyl (C=O) groups excluding carboxylic acids is 3. The molecule has 3 N–H and O–H groups in total. The van der Waals surface area contributed by atoms with Gasteiger partial charge in [0.05, 0.1) is 12.6 Å². The van der Waals surface area contributed by atoms with Crippen LogP contribution in [0.5, 0.6) is 0 Å². The van der Waals surface area contributed by atoms with E-state index < -0.39 is 6.04 Å². The van der Waals surface area contributed by atoms with Crippen molar-refractivity contribution in [1.82, 2.24) is 4.90 Å². The SMILES string of the molecule is CCN(CC(=O)Nc1ccc(NC(C)=O)cc1)C(C)C(=O)Nc1ccccc1C(C)C. The smallest absolute Gasteiger partial charge is 0.241 e. The molecule has 7 nitrogen and oxygen atoms in total. The highest BCUT2D eigenvalue weighted by molar-refractivity contribution is 5.97. The van der Waals surface area contributed by atoms with Crippen molar-refractivity contribution in [2.45, 2.75) is 46.6 Å². The third-order valence-corrected chi connectivity index (χ3v) is 5.01. The van der Waals surface area contributed by atoms with Crippen LogP contribution in [-0.4, -0.2) is 41.8 Å². The minimum Gasteiger partial charge on any atom is -0.326 e. The first-order valence-corrected chi connectivity index (χ1v) is 10.5. The molecule has 0 spiro atoms. The molecule has 2 aromatic rings. The Labute approximate surface area is 184 Å². The third kappa shape index (κ3) is 7.22. The molecule has 0 aliphatic rings. The lowest BCUT2D eigenvalue weighted by Crippen LogP contribution is -2.45. The molecule has 0 fully saturated rings. The van der Waals surface area contributed by atoms with E-state index in [4.69, 9.17) is 0 Å². The van der Waals surface area contributed by atoms with Gasteiger partial charge in [-0.2, -0.15) is 0 Å². The molecule has 0 aliphatic carbocycles. The molecule has 2 aromatic carbocycles. The van der Waals surface area contributed by atoms with Gasteiger partial charge >= 0.3 is 0 Å². The van der Waals surface area contributed by atoms with Gasteiger partial charge in [0.1, 0.15) is 0 Å². The number of nitrogens with zero attached hydrogens (tertiary/aromatic N) is 1. The van der Waals surface area contributed by atoms with Crippen LogP contribution in [0.1, 0.15) is 46.1 Å². The minimum absolute atomic E-state index is 0.0877. The zero-order valence-corrected chi connectivity index (χ0v) is 18.9. The summed E-state index contributed by atoms with van der Waals surface area (Å²) in [4.78, 5) is 38.3. The van der Waals surface area contributed by atoms with E-state index in [1.165, 1.54) is 6.92 Å². The maximum atomic E-state index is 12.8. The number of rotatable bonds is 9. The van der Waals surface area contributed by atoms with Gasteiger partial charge in [0, 0.05) is 24.0 Å². The van der Waals surface area contributed by atoms with Crippen LogP contribution < -0.4 is 16.0 Å². The number of anilines is 3. The summed E-state index contributed by atoms with van der Waals surface area (Å²) in [7, 11) is 0. The van der Waals surface area contributed by atoms with Crippen LogP contribution >= 0.6 is 0 Å².